The molecule has 0 aliphatic heterocycles. The zero-order chi connectivity index (χ0) is 20.0. The van der Waals surface area contributed by atoms with Gasteiger partial charge in [-0.3, -0.25) is 14.7 Å². The predicted molar refractivity (Wildman–Crippen MR) is 117 cm³/mol. The van der Waals surface area contributed by atoms with Gasteiger partial charge in [-0.2, -0.15) is 5.10 Å². The van der Waals surface area contributed by atoms with Crippen molar-refractivity contribution in [2.75, 3.05) is 6.54 Å². The van der Waals surface area contributed by atoms with Crippen LogP contribution in [0.5, 0.6) is 0 Å². The zero-order valence-electron chi connectivity index (χ0n) is 16.5. The van der Waals surface area contributed by atoms with E-state index < -0.39 is 0 Å². The molecule has 140 valence electrons. The summed E-state index contributed by atoms with van der Waals surface area (Å²) in [6.07, 6.45) is 7.08. The van der Waals surface area contributed by atoms with Gasteiger partial charge in [0, 0.05) is 41.8 Å². The molecule has 0 saturated heterocycles. The van der Waals surface area contributed by atoms with Crippen LogP contribution < -0.4 is 5.73 Å². The summed E-state index contributed by atoms with van der Waals surface area (Å²) in [5.41, 5.74) is 12.5. The highest BCUT2D eigenvalue weighted by molar-refractivity contribution is 6.12. The number of allylic oxidation sites excluding steroid dienone is 4. The molecular weight excluding hydrogens is 334 g/mol. The largest absolute Gasteiger partial charge is 0.402 e. The van der Waals surface area contributed by atoms with E-state index in [1.165, 1.54) is 0 Å². The molecule has 5 nitrogen and oxygen atoms in total. The number of aromatic nitrogens is 2. The Hall–Kier alpha value is -3.21. The lowest BCUT2D eigenvalue weighted by Gasteiger charge is -2.06. The highest BCUT2D eigenvalue weighted by atomic mass is 15.3. The fourth-order valence-electron chi connectivity index (χ4n) is 2.62. The van der Waals surface area contributed by atoms with Gasteiger partial charge in [0.25, 0.3) is 0 Å². The first kappa shape index (κ1) is 20.1. The van der Waals surface area contributed by atoms with Gasteiger partial charge >= 0.3 is 0 Å². The average Bonchev–Trinajstić information content (AvgIpc) is 2.92. The van der Waals surface area contributed by atoms with Crippen molar-refractivity contribution in [3.63, 3.8) is 0 Å². The summed E-state index contributed by atoms with van der Waals surface area (Å²) < 4.78 is 1.88. The van der Waals surface area contributed by atoms with Gasteiger partial charge in [-0.15, -0.1) is 0 Å². The van der Waals surface area contributed by atoms with E-state index in [0.29, 0.717) is 12.2 Å². The molecule has 0 amide bonds. The van der Waals surface area contributed by atoms with E-state index >= 15 is 0 Å². The molecule has 1 heterocycles. The lowest BCUT2D eigenvalue weighted by molar-refractivity contribution is 0.783. The lowest BCUT2D eigenvalue weighted by atomic mass is 10.0. The minimum Gasteiger partial charge on any atom is -0.402 e. The minimum atomic E-state index is 0.536. The number of fused-ring (bicyclic) bond motifs is 1. The molecule has 2 aromatic rings. The molecule has 1 aromatic heterocycles. The maximum atomic E-state index is 6.12. The second-order valence-electron chi connectivity index (χ2n) is 6.46. The Bertz CT molecular complexity index is 980. The fourth-order valence-corrected chi connectivity index (χ4v) is 2.62. The normalized spacial score (nSPS) is 13.6. The van der Waals surface area contributed by atoms with Crippen LogP contribution >= 0.6 is 0 Å². The van der Waals surface area contributed by atoms with Crippen LogP contribution in [0.15, 0.2) is 70.5 Å². The molecule has 5 heteroatoms. The van der Waals surface area contributed by atoms with Gasteiger partial charge in [-0.05, 0) is 50.1 Å². The third kappa shape index (κ3) is 5.14. The molecule has 0 fully saturated rings. The summed E-state index contributed by atoms with van der Waals surface area (Å²) in [6, 6.07) is 6.21. The Morgan fingerprint density at radius 2 is 2.07 bits per heavy atom. The molecule has 27 heavy (non-hydrogen) atoms. The Balaban J connectivity index is 2.25. The second kappa shape index (κ2) is 8.94. The predicted octanol–water partition coefficient (Wildman–Crippen LogP) is 4.36. The van der Waals surface area contributed by atoms with Gasteiger partial charge in [-0.1, -0.05) is 25.3 Å². The third-order valence-corrected chi connectivity index (χ3v) is 4.17. The van der Waals surface area contributed by atoms with Crippen LogP contribution in [-0.2, 0) is 7.05 Å². The Kier molecular flexibility index (Phi) is 6.66. The molecule has 0 saturated carbocycles. The molecule has 2 N–H and O–H groups in total. The van der Waals surface area contributed by atoms with Crippen LogP contribution in [0.25, 0.3) is 16.5 Å². The SMILES string of the molecule is C=CC(=C)CN=CC=C(C)N=CC(=C(C)N)c1ccc2c(c1)c(C)nn2C. The average molecular weight is 361 g/mol. The maximum Gasteiger partial charge on any atom is 0.0682 e. The summed E-state index contributed by atoms with van der Waals surface area (Å²) in [5.74, 6) is 0. The van der Waals surface area contributed by atoms with E-state index in [2.05, 4.69) is 40.4 Å². The van der Waals surface area contributed by atoms with Crippen LogP contribution in [0.2, 0.25) is 0 Å². The number of hydrogen-bond acceptors (Lipinski definition) is 4. The standard InChI is InChI=1S/C22H27N5/c1-7-15(2)13-24-11-10-16(3)25-14-21(17(4)23)19-8-9-22-20(12-19)18(5)26-27(22)6/h7-12,14H,1-2,13,23H2,3-6H3. The summed E-state index contributed by atoms with van der Waals surface area (Å²) in [6.45, 7) is 13.8. The highest BCUT2D eigenvalue weighted by Crippen LogP contribution is 2.23. The molecule has 0 spiro atoms. The number of aryl methyl sites for hydroxylation is 2. The van der Waals surface area contributed by atoms with Gasteiger partial charge in [0.1, 0.15) is 0 Å². The van der Waals surface area contributed by atoms with E-state index in [0.717, 1.165) is 39.0 Å². The first-order valence-electron chi connectivity index (χ1n) is 8.74. The van der Waals surface area contributed by atoms with Crippen LogP contribution in [-0.4, -0.2) is 28.8 Å². The summed E-state index contributed by atoms with van der Waals surface area (Å²) in [5, 5.41) is 5.58. The highest BCUT2D eigenvalue weighted by Gasteiger charge is 2.08. The number of nitrogens with zero attached hydrogens (tertiary/aromatic N) is 4. The van der Waals surface area contributed by atoms with Gasteiger partial charge in [0.15, 0.2) is 0 Å². The smallest absolute Gasteiger partial charge is 0.0682 e. The first-order valence-corrected chi connectivity index (χ1v) is 8.74. The summed E-state index contributed by atoms with van der Waals surface area (Å²) >= 11 is 0. The van der Waals surface area contributed by atoms with Crippen LogP contribution in [0.4, 0.5) is 0 Å². The van der Waals surface area contributed by atoms with E-state index in [9.17, 15) is 0 Å². The molecule has 0 atom stereocenters. The molecule has 0 bridgehead atoms. The quantitative estimate of drug-likeness (QED) is 0.588. The maximum absolute atomic E-state index is 6.12. The Morgan fingerprint density at radius 1 is 1.33 bits per heavy atom. The molecule has 0 unspecified atom stereocenters. The number of rotatable bonds is 7. The number of hydrogen-bond donors (Lipinski definition) is 1. The number of benzene rings is 1. The topological polar surface area (TPSA) is 68.6 Å². The van der Waals surface area contributed by atoms with E-state index in [1.54, 1.807) is 18.5 Å². The summed E-state index contributed by atoms with van der Waals surface area (Å²) in [7, 11) is 1.95. The number of aliphatic imine (C=N–C) groups is 2. The van der Waals surface area contributed by atoms with Crippen molar-refractivity contribution in [1.82, 2.24) is 9.78 Å². The van der Waals surface area contributed by atoms with Crippen molar-refractivity contribution < 1.29 is 0 Å². The molecule has 2 rings (SSSR count). The van der Waals surface area contributed by atoms with Crippen molar-refractivity contribution in [3.8, 4) is 0 Å². The van der Waals surface area contributed by atoms with Crippen LogP contribution in [0, 0.1) is 6.92 Å². The Labute approximate surface area is 161 Å². The third-order valence-electron chi connectivity index (χ3n) is 4.17. The molecule has 0 radical (unpaired) electrons. The summed E-state index contributed by atoms with van der Waals surface area (Å²) in [4.78, 5) is 8.77. The molecule has 0 aliphatic rings. The second-order valence-corrected chi connectivity index (χ2v) is 6.46. The van der Waals surface area contributed by atoms with Gasteiger partial charge in [0.2, 0.25) is 0 Å². The first-order chi connectivity index (χ1) is 12.8. The minimum absolute atomic E-state index is 0.536. The van der Waals surface area contributed by atoms with Crippen molar-refractivity contribution in [1.29, 1.82) is 0 Å². The van der Waals surface area contributed by atoms with Crippen LogP contribution in [0.3, 0.4) is 0 Å². The van der Waals surface area contributed by atoms with Crippen molar-refractivity contribution in [3.05, 3.63) is 71.7 Å². The van der Waals surface area contributed by atoms with E-state index in [-0.39, 0.29) is 0 Å². The lowest BCUT2D eigenvalue weighted by Crippen LogP contribution is -1.99. The molecule has 0 aliphatic carbocycles. The van der Waals surface area contributed by atoms with Crippen molar-refractivity contribution >= 4 is 28.9 Å². The molecular formula is C22H27N5. The Morgan fingerprint density at radius 3 is 2.74 bits per heavy atom. The van der Waals surface area contributed by atoms with Gasteiger partial charge < -0.3 is 5.73 Å². The monoisotopic (exact) mass is 361 g/mol. The van der Waals surface area contributed by atoms with Gasteiger partial charge in [-0.25, -0.2) is 0 Å². The number of nitrogens with two attached hydrogens (primary N) is 1. The fraction of sp³-hybridized carbons (Fsp3) is 0.227. The van der Waals surface area contributed by atoms with E-state index in [4.69, 9.17) is 5.73 Å². The van der Waals surface area contributed by atoms with Gasteiger partial charge in [0.05, 0.1) is 17.8 Å². The van der Waals surface area contributed by atoms with Crippen molar-refractivity contribution in [2.24, 2.45) is 22.8 Å². The van der Waals surface area contributed by atoms with Crippen LogP contribution in [0.1, 0.15) is 25.1 Å². The molecule has 1 aromatic carbocycles. The van der Waals surface area contributed by atoms with Crippen molar-refractivity contribution in [2.45, 2.75) is 20.8 Å². The zero-order valence-corrected chi connectivity index (χ0v) is 16.5. The van der Waals surface area contributed by atoms with E-state index in [1.807, 2.05) is 44.6 Å².